The zero-order chi connectivity index (χ0) is 15.2. The summed E-state index contributed by atoms with van der Waals surface area (Å²) < 4.78 is 15.6. The number of esters is 2. The summed E-state index contributed by atoms with van der Waals surface area (Å²) in [5.41, 5.74) is -0.607. The van der Waals surface area contributed by atoms with Crippen molar-refractivity contribution in [2.45, 2.75) is 43.8 Å². The maximum Gasteiger partial charge on any atom is 0.337 e. The van der Waals surface area contributed by atoms with E-state index >= 15 is 0 Å². The lowest BCUT2D eigenvalue weighted by molar-refractivity contribution is -0.165. The fourth-order valence-corrected chi connectivity index (χ4v) is 3.93. The zero-order valence-electron chi connectivity index (χ0n) is 12.1. The molecule has 0 aromatic carbocycles. The van der Waals surface area contributed by atoms with Gasteiger partial charge in [-0.3, -0.25) is 4.79 Å². The van der Waals surface area contributed by atoms with E-state index in [2.05, 4.69) is 0 Å². The van der Waals surface area contributed by atoms with Crippen molar-refractivity contribution in [3.63, 3.8) is 0 Å². The summed E-state index contributed by atoms with van der Waals surface area (Å²) in [6.45, 7) is 0. The van der Waals surface area contributed by atoms with Crippen LogP contribution < -0.4 is 0 Å². The van der Waals surface area contributed by atoms with Crippen LogP contribution in [0.2, 0.25) is 0 Å². The largest absolute Gasteiger partial charge is 0.466 e. The van der Waals surface area contributed by atoms with Crippen LogP contribution in [0.15, 0.2) is 11.1 Å². The number of ketones is 1. The second-order valence-electron chi connectivity index (χ2n) is 5.77. The predicted octanol–water partition coefficient (Wildman–Crippen LogP) is 0.930. The minimum Gasteiger partial charge on any atom is -0.466 e. The van der Waals surface area contributed by atoms with Crippen molar-refractivity contribution in [3.05, 3.63) is 11.1 Å². The normalized spacial score (nSPS) is 34.5. The molecule has 0 amide bonds. The first-order chi connectivity index (χ1) is 10.0. The molecule has 0 N–H and O–H groups in total. The van der Waals surface area contributed by atoms with E-state index < -0.39 is 23.6 Å². The number of hydrogen-bond donors (Lipinski definition) is 0. The molecule has 1 saturated carbocycles. The van der Waals surface area contributed by atoms with Gasteiger partial charge < -0.3 is 14.2 Å². The minimum atomic E-state index is -0.985. The molecule has 3 atom stereocenters. The molecule has 114 valence electrons. The lowest BCUT2D eigenvalue weighted by Crippen LogP contribution is -2.50. The molecular weight excluding hydrogens is 276 g/mol. The van der Waals surface area contributed by atoms with Crippen molar-refractivity contribution in [1.29, 1.82) is 0 Å². The lowest BCUT2D eigenvalue weighted by atomic mass is 9.69. The molecule has 3 aliphatic rings. The Kier molecular flexibility index (Phi) is 3.36. The van der Waals surface area contributed by atoms with Crippen LogP contribution >= 0.6 is 0 Å². The molecule has 6 nitrogen and oxygen atoms in total. The monoisotopic (exact) mass is 294 g/mol. The van der Waals surface area contributed by atoms with Crippen LogP contribution in [0.5, 0.6) is 0 Å². The molecule has 2 heterocycles. The summed E-state index contributed by atoms with van der Waals surface area (Å²) in [5, 5.41) is 0. The van der Waals surface area contributed by atoms with Crippen LogP contribution in [0.3, 0.4) is 0 Å². The van der Waals surface area contributed by atoms with Gasteiger partial charge in [0.2, 0.25) is 0 Å². The van der Waals surface area contributed by atoms with Crippen molar-refractivity contribution >= 4 is 17.7 Å². The Balaban J connectivity index is 2.19. The third-order valence-electron chi connectivity index (χ3n) is 4.83. The SMILES string of the molecule is COC(=O)C1=C(C(=O)OC)[C@@]23CCCC[C@H]2CC(=O)[C@@H]1O3. The maximum atomic E-state index is 12.3. The van der Waals surface area contributed by atoms with Crippen LogP contribution in [0.1, 0.15) is 32.1 Å². The van der Waals surface area contributed by atoms with Crippen LogP contribution in [0.4, 0.5) is 0 Å². The third-order valence-corrected chi connectivity index (χ3v) is 4.83. The summed E-state index contributed by atoms with van der Waals surface area (Å²) in [6.07, 6.45) is 2.69. The average Bonchev–Trinajstić information content (AvgIpc) is 2.79. The zero-order valence-corrected chi connectivity index (χ0v) is 12.1. The Morgan fingerprint density at radius 1 is 1.19 bits per heavy atom. The van der Waals surface area contributed by atoms with Gasteiger partial charge in [0.15, 0.2) is 5.78 Å². The minimum absolute atomic E-state index is 0.0405. The number of carbonyl (C=O) groups excluding carboxylic acids is 3. The summed E-state index contributed by atoms with van der Waals surface area (Å²) in [5.74, 6) is -1.50. The first kappa shape index (κ1) is 14.3. The van der Waals surface area contributed by atoms with Crippen molar-refractivity contribution in [1.82, 2.24) is 0 Å². The molecule has 2 bridgehead atoms. The molecule has 1 spiro atoms. The van der Waals surface area contributed by atoms with Gasteiger partial charge in [0.05, 0.1) is 25.4 Å². The molecule has 0 unspecified atom stereocenters. The molecule has 0 aromatic heterocycles. The van der Waals surface area contributed by atoms with Gasteiger partial charge in [-0.25, -0.2) is 9.59 Å². The highest BCUT2D eigenvalue weighted by molar-refractivity contribution is 6.09. The van der Waals surface area contributed by atoms with Gasteiger partial charge in [-0.05, 0) is 18.8 Å². The van der Waals surface area contributed by atoms with E-state index in [4.69, 9.17) is 14.2 Å². The Labute approximate surface area is 122 Å². The molecule has 3 rings (SSSR count). The van der Waals surface area contributed by atoms with E-state index in [0.29, 0.717) is 12.8 Å². The fraction of sp³-hybridized carbons (Fsp3) is 0.667. The molecule has 2 fully saturated rings. The van der Waals surface area contributed by atoms with Crippen molar-refractivity contribution in [3.8, 4) is 0 Å². The van der Waals surface area contributed by atoms with Gasteiger partial charge in [0, 0.05) is 6.42 Å². The second kappa shape index (κ2) is 4.94. The number of Topliss-reactive ketones (excluding diaryl/α,β-unsaturated/α-hetero) is 1. The lowest BCUT2D eigenvalue weighted by Gasteiger charge is -2.44. The molecule has 6 heteroatoms. The summed E-state index contributed by atoms with van der Waals surface area (Å²) >= 11 is 0. The molecule has 0 radical (unpaired) electrons. The van der Waals surface area contributed by atoms with Gasteiger partial charge in [-0.1, -0.05) is 12.8 Å². The highest BCUT2D eigenvalue weighted by atomic mass is 16.6. The molecule has 0 aromatic rings. The Hall–Kier alpha value is -1.69. The summed E-state index contributed by atoms with van der Waals surface area (Å²) in [4.78, 5) is 36.6. The first-order valence-electron chi connectivity index (χ1n) is 7.17. The predicted molar refractivity (Wildman–Crippen MR) is 70.2 cm³/mol. The number of fused-ring (bicyclic) bond motifs is 1. The third kappa shape index (κ3) is 1.85. The van der Waals surface area contributed by atoms with Crippen LogP contribution in [-0.4, -0.2) is 43.6 Å². The molecular formula is C15H18O6. The van der Waals surface area contributed by atoms with E-state index in [1.54, 1.807) is 0 Å². The van der Waals surface area contributed by atoms with Crippen LogP contribution in [0, 0.1) is 5.92 Å². The highest BCUT2D eigenvalue weighted by Gasteiger charge is 2.62. The van der Waals surface area contributed by atoms with E-state index in [0.717, 1.165) is 19.3 Å². The van der Waals surface area contributed by atoms with E-state index in [1.807, 2.05) is 0 Å². The first-order valence-corrected chi connectivity index (χ1v) is 7.17. The standard InChI is InChI=1S/C15H18O6/c1-19-13(17)10-11(14(18)20-2)15-6-4-3-5-8(15)7-9(16)12(10)21-15/h8,12H,3-7H2,1-2H3/t8-,12-,15+/m0/s1. The van der Waals surface area contributed by atoms with E-state index in [-0.39, 0.29) is 22.8 Å². The van der Waals surface area contributed by atoms with Crippen molar-refractivity contribution < 1.29 is 28.6 Å². The maximum absolute atomic E-state index is 12.3. The highest BCUT2D eigenvalue weighted by Crippen LogP contribution is 2.54. The van der Waals surface area contributed by atoms with E-state index in [9.17, 15) is 14.4 Å². The summed E-state index contributed by atoms with van der Waals surface area (Å²) in [7, 11) is 2.50. The number of methoxy groups -OCH3 is 2. The molecule has 1 aliphatic carbocycles. The summed E-state index contributed by atoms with van der Waals surface area (Å²) in [6, 6.07) is 0. The Morgan fingerprint density at radius 2 is 1.90 bits per heavy atom. The smallest absolute Gasteiger partial charge is 0.337 e. The quantitative estimate of drug-likeness (QED) is 0.705. The number of carbonyl (C=O) groups is 3. The molecule has 2 aliphatic heterocycles. The van der Waals surface area contributed by atoms with Crippen LogP contribution in [0.25, 0.3) is 0 Å². The fourth-order valence-electron chi connectivity index (χ4n) is 3.93. The van der Waals surface area contributed by atoms with Crippen molar-refractivity contribution in [2.24, 2.45) is 5.92 Å². The van der Waals surface area contributed by atoms with Gasteiger partial charge >= 0.3 is 11.9 Å². The Morgan fingerprint density at radius 3 is 2.57 bits per heavy atom. The second-order valence-corrected chi connectivity index (χ2v) is 5.77. The molecule has 1 saturated heterocycles. The van der Waals surface area contributed by atoms with Gasteiger partial charge in [0.1, 0.15) is 11.7 Å². The average molecular weight is 294 g/mol. The van der Waals surface area contributed by atoms with Gasteiger partial charge in [-0.15, -0.1) is 0 Å². The number of rotatable bonds is 2. The topological polar surface area (TPSA) is 78.9 Å². The number of hydrogen-bond acceptors (Lipinski definition) is 6. The number of ether oxygens (including phenoxy) is 3. The Bertz CT molecular complexity index is 548. The van der Waals surface area contributed by atoms with Gasteiger partial charge in [-0.2, -0.15) is 0 Å². The van der Waals surface area contributed by atoms with Gasteiger partial charge in [0.25, 0.3) is 0 Å². The van der Waals surface area contributed by atoms with E-state index in [1.165, 1.54) is 14.2 Å². The molecule has 21 heavy (non-hydrogen) atoms. The van der Waals surface area contributed by atoms with Crippen molar-refractivity contribution in [2.75, 3.05) is 14.2 Å². The van der Waals surface area contributed by atoms with Crippen LogP contribution in [-0.2, 0) is 28.6 Å².